The van der Waals surface area contributed by atoms with Gasteiger partial charge in [-0.2, -0.15) is 0 Å². The Labute approximate surface area is 121 Å². The summed E-state index contributed by atoms with van der Waals surface area (Å²) in [4.78, 5) is 0. The van der Waals surface area contributed by atoms with Gasteiger partial charge in [0.05, 0.1) is 12.6 Å². The number of hydrogen-bond donors (Lipinski definition) is 1. The van der Waals surface area contributed by atoms with Crippen molar-refractivity contribution in [1.29, 1.82) is 0 Å². The highest BCUT2D eigenvalue weighted by atomic mass is 19.1. The summed E-state index contributed by atoms with van der Waals surface area (Å²) in [6, 6.07) is 13.8. The maximum absolute atomic E-state index is 13.3. The van der Waals surface area contributed by atoms with E-state index in [1.165, 1.54) is 12.1 Å². The molecule has 1 aliphatic rings. The third kappa shape index (κ3) is 1.99. The molecule has 0 radical (unpaired) electrons. The van der Waals surface area contributed by atoms with Crippen LogP contribution in [0.5, 0.6) is 5.75 Å². The zero-order chi connectivity index (χ0) is 14.4. The Kier molecular flexibility index (Phi) is 2.72. The fraction of sp³-hybridized carbons (Fsp3) is 0.176. The first-order valence-electron chi connectivity index (χ1n) is 6.89. The van der Waals surface area contributed by atoms with Gasteiger partial charge in [-0.1, -0.05) is 18.2 Å². The molecule has 3 nitrogen and oxygen atoms in total. The molecule has 2 N–H and O–H groups in total. The van der Waals surface area contributed by atoms with Crippen LogP contribution in [0.25, 0.3) is 11.0 Å². The minimum absolute atomic E-state index is 0.0478. The standard InChI is InChI=1S/C17H14FNO2/c18-11-5-6-14-10(7-11)8-16(21-14)17(19)13-9-20-15-4-2-1-3-12(13)15/h1-8,13,17H,9,19H2. The molecule has 106 valence electrons. The lowest BCUT2D eigenvalue weighted by molar-refractivity contribution is 0.305. The summed E-state index contributed by atoms with van der Waals surface area (Å²) in [7, 11) is 0. The number of nitrogens with two attached hydrogens (primary N) is 1. The van der Waals surface area contributed by atoms with E-state index < -0.39 is 0 Å². The number of benzene rings is 2. The average molecular weight is 283 g/mol. The predicted octanol–water partition coefficient (Wildman–Crippen LogP) is 3.75. The van der Waals surface area contributed by atoms with Crippen molar-refractivity contribution in [3.8, 4) is 5.75 Å². The van der Waals surface area contributed by atoms with E-state index in [9.17, 15) is 4.39 Å². The van der Waals surface area contributed by atoms with E-state index >= 15 is 0 Å². The summed E-state index contributed by atoms with van der Waals surface area (Å²) in [5, 5.41) is 0.729. The highest BCUT2D eigenvalue weighted by molar-refractivity contribution is 5.78. The Balaban J connectivity index is 1.72. The average Bonchev–Trinajstić information content (AvgIpc) is 3.09. The van der Waals surface area contributed by atoms with Gasteiger partial charge in [-0.25, -0.2) is 4.39 Å². The quantitative estimate of drug-likeness (QED) is 0.779. The molecule has 1 aromatic heterocycles. The van der Waals surface area contributed by atoms with Crippen LogP contribution in [0.3, 0.4) is 0 Å². The van der Waals surface area contributed by atoms with Gasteiger partial charge in [0, 0.05) is 16.9 Å². The number of para-hydroxylation sites is 1. The molecule has 0 saturated carbocycles. The predicted molar refractivity (Wildman–Crippen MR) is 77.8 cm³/mol. The molecule has 0 aliphatic carbocycles. The molecule has 3 aromatic rings. The molecule has 2 atom stereocenters. The number of hydrogen-bond acceptors (Lipinski definition) is 3. The summed E-state index contributed by atoms with van der Waals surface area (Å²) < 4.78 is 24.7. The van der Waals surface area contributed by atoms with E-state index in [0.29, 0.717) is 18.0 Å². The minimum Gasteiger partial charge on any atom is -0.493 e. The molecular weight excluding hydrogens is 269 g/mol. The molecule has 4 heteroatoms. The molecule has 2 aromatic carbocycles. The first-order chi connectivity index (χ1) is 10.2. The Morgan fingerprint density at radius 2 is 2.00 bits per heavy atom. The maximum atomic E-state index is 13.3. The highest BCUT2D eigenvalue weighted by Crippen LogP contribution is 2.41. The van der Waals surface area contributed by atoms with Crippen LogP contribution >= 0.6 is 0 Å². The van der Waals surface area contributed by atoms with Gasteiger partial charge in [-0.05, 0) is 30.3 Å². The molecule has 2 heterocycles. The summed E-state index contributed by atoms with van der Waals surface area (Å²) in [5.74, 6) is 1.30. The maximum Gasteiger partial charge on any atom is 0.134 e. The number of fused-ring (bicyclic) bond motifs is 2. The third-order valence-electron chi connectivity index (χ3n) is 4.00. The Bertz CT molecular complexity index is 811. The first-order valence-corrected chi connectivity index (χ1v) is 6.89. The van der Waals surface area contributed by atoms with Crippen LogP contribution in [-0.2, 0) is 0 Å². The number of halogens is 1. The molecule has 1 aliphatic heterocycles. The van der Waals surface area contributed by atoms with E-state index in [4.69, 9.17) is 14.9 Å². The van der Waals surface area contributed by atoms with Crippen molar-refractivity contribution < 1.29 is 13.5 Å². The molecule has 0 saturated heterocycles. The van der Waals surface area contributed by atoms with Crippen LogP contribution in [0.2, 0.25) is 0 Å². The molecular formula is C17H14FNO2. The molecule has 2 unspecified atom stereocenters. The summed E-state index contributed by atoms with van der Waals surface area (Å²) in [5.41, 5.74) is 8.09. The fourth-order valence-corrected chi connectivity index (χ4v) is 2.88. The molecule has 4 rings (SSSR count). The molecule has 0 amide bonds. The number of ether oxygens (including phenoxy) is 1. The second-order valence-electron chi connectivity index (χ2n) is 5.31. The normalized spacial score (nSPS) is 18.5. The summed E-state index contributed by atoms with van der Waals surface area (Å²) in [6.07, 6.45) is 0. The van der Waals surface area contributed by atoms with Gasteiger partial charge in [-0.15, -0.1) is 0 Å². The van der Waals surface area contributed by atoms with Crippen LogP contribution in [-0.4, -0.2) is 6.61 Å². The lowest BCUT2D eigenvalue weighted by Crippen LogP contribution is -2.20. The minimum atomic E-state index is -0.316. The lowest BCUT2D eigenvalue weighted by Gasteiger charge is -2.15. The van der Waals surface area contributed by atoms with Crippen molar-refractivity contribution in [2.45, 2.75) is 12.0 Å². The summed E-state index contributed by atoms with van der Waals surface area (Å²) >= 11 is 0. The van der Waals surface area contributed by atoms with Crippen LogP contribution < -0.4 is 10.5 Å². The van der Waals surface area contributed by atoms with Crippen molar-refractivity contribution in [1.82, 2.24) is 0 Å². The van der Waals surface area contributed by atoms with E-state index in [1.807, 2.05) is 30.3 Å². The number of rotatable bonds is 2. The smallest absolute Gasteiger partial charge is 0.134 e. The Morgan fingerprint density at radius 3 is 2.90 bits per heavy atom. The van der Waals surface area contributed by atoms with Crippen molar-refractivity contribution in [2.24, 2.45) is 5.73 Å². The zero-order valence-electron chi connectivity index (χ0n) is 11.3. The SMILES string of the molecule is NC(c1cc2cc(F)ccc2o1)C1COc2ccccc21. The molecule has 0 spiro atoms. The van der Waals surface area contributed by atoms with E-state index in [0.717, 1.165) is 16.7 Å². The zero-order valence-corrected chi connectivity index (χ0v) is 11.3. The van der Waals surface area contributed by atoms with Crippen LogP contribution in [0, 0.1) is 5.82 Å². The van der Waals surface area contributed by atoms with E-state index in [2.05, 4.69) is 0 Å². The van der Waals surface area contributed by atoms with Gasteiger partial charge in [0.2, 0.25) is 0 Å². The van der Waals surface area contributed by atoms with Crippen LogP contribution in [0.15, 0.2) is 52.9 Å². The van der Waals surface area contributed by atoms with E-state index in [-0.39, 0.29) is 17.8 Å². The van der Waals surface area contributed by atoms with Crippen molar-refractivity contribution in [3.05, 3.63) is 65.7 Å². The fourth-order valence-electron chi connectivity index (χ4n) is 2.88. The summed E-state index contributed by atoms with van der Waals surface area (Å²) in [6.45, 7) is 0.534. The first kappa shape index (κ1) is 12.4. The Hall–Kier alpha value is -2.33. The van der Waals surface area contributed by atoms with Crippen LogP contribution in [0.1, 0.15) is 23.3 Å². The lowest BCUT2D eigenvalue weighted by atomic mass is 9.92. The molecule has 0 bridgehead atoms. The monoisotopic (exact) mass is 283 g/mol. The van der Waals surface area contributed by atoms with Gasteiger partial charge in [-0.3, -0.25) is 0 Å². The van der Waals surface area contributed by atoms with E-state index in [1.54, 1.807) is 6.07 Å². The van der Waals surface area contributed by atoms with Gasteiger partial charge in [0.1, 0.15) is 22.9 Å². The third-order valence-corrected chi connectivity index (χ3v) is 4.00. The highest BCUT2D eigenvalue weighted by Gasteiger charge is 2.31. The second kappa shape index (κ2) is 4.60. The largest absolute Gasteiger partial charge is 0.493 e. The van der Waals surface area contributed by atoms with Crippen LogP contribution in [0.4, 0.5) is 4.39 Å². The van der Waals surface area contributed by atoms with Gasteiger partial charge in [0.25, 0.3) is 0 Å². The van der Waals surface area contributed by atoms with Gasteiger partial charge >= 0.3 is 0 Å². The van der Waals surface area contributed by atoms with Crippen molar-refractivity contribution in [3.63, 3.8) is 0 Å². The van der Waals surface area contributed by atoms with Crippen molar-refractivity contribution >= 4 is 11.0 Å². The molecule has 21 heavy (non-hydrogen) atoms. The second-order valence-corrected chi connectivity index (χ2v) is 5.31. The van der Waals surface area contributed by atoms with Gasteiger partial charge in [0.15, 0.2) is 0 Å². The number of furan rings is 1. The van der Waals surface area contributed by atoms with Crippen molar-refractivity contribution in [2.75, 3.05) is 6.61 Å². The topological polar surface area (TPSA) is 48.4 Å². The Morgan fingerprint density at radius 1 is 1.14 bits per heavy atom. The molecule has 0 fully saturated rings. The van der Waals surface area contributed by atoms with Gasteiger partial charge < -0.3 is 14.9 Å².